The number of halogens is 1. The first-order valence-electron chi connectivity index (χ1n) is 8.90. The van der Waals surface area contributed by atoms with Gasteiger partial charge in [-0.25, -0.2) is 14.6 Å². The summed E-state index contributed by atoms with van der Waals surface area (Å²) in [7, 11) is 1.83. The lowest BCUT2D eigenvalue weighted by Crippen LogP contribution is -2.48. The molecule has 1 saturated heterocycles. The zero-order valence-corrected chi connectivity index (χ0v) is 17.1. The zero-order chi connectivity index (χ0) is 20.1. The minimum absolute atomic E-state index is 0.211. The van der Waals surface area contributed by atoms with E-state index in [2.05, 4.69) is 20.9 Å². The molecule has 1 aliphatic heterocycles. The van der Waals surface area contributed by atoms with E-state index in [1.807, 2.05) is 41.9 Å². The first-order chi connectivity index (χ1) is 13.4. The third kappa shape index (κ3) is 4.71. The standard InChI is InChI=1S/C19H22BrN3O5/c1-22-11-15(20)21-17(22)19(28-13-16(24)25)7-9-23(10-8-19)18(26)27-12-14-5-3-2-4-6-14/h2-6,11H,7-10,12-13H2,1H3,(H,24,25). The number of amides is 1. The summed E-state index contributed by atoms with van der Waals surface area (Å²) in [5, 5.41) is 9.05. The van der Waals surface area contributed by atoms with E-state index in [0.717, 1.165) is 5.56 Å². The van der Waals surface area contributed by atoms with Gasteiger partial charge in [-0.15, -0.1) is 0 Å². The number of imidazole rings is 1. The van der Waals surface area contributed by atoms with E-state index in [1.165, 1.54) is 0 Å². The van der Waals surface area contributed by atoms with Crippen LogP contribution in [-0.4, -0.2) is 51.3 Å². The monoisotopic (exact) mass is 451 g/mol. The van der Waals surface area contributed by atoms with Gasteiger partial charge in [-0.3, -0.25) is 0 Å². The molecule has 1 fully saturated rings. The Hall–Kier alpha value is -2.39. The van der Waals surface area contributed by atoms with E-state index < -0.39 is 24.3 Å². The topological polar surface area (TPSA) is 93.9 Å². The Morgan fingerprint density at radius 1 is 1.25 bits per heavy atom. The lowest BCUT2D eigenvalue weighted by atomic mass is 9.90. The van der Waals surface area contributed by atoms with Crippen LogP contribution in [0.3, 0.4) is 0 Å². The van der Waals surface area contributed by atoms with E-state index in [9.17, 15) is 9.59 Å². The summed E-state index contributed by atoms with van der Waals surface area (Å²) < 4.78 is 13.6. The summed E-state index contributed by atoms with van der Waals surface area (Å²) in [4.78, 5) is 29.5. The molecule has 0 unspecified atom stereocenters. The number of benzene rings is 1. The van der Waals surface area contributed by atoms with Crippen molar-refractivity contribution in [3.8, 4) is 0 Å². The fourth-order valence-electron chi connectivity index (χ4n) is 3.35. The molecular weight excluding hydrogens is 430 g/mol. The molecule has 0 radical (unpaired) electrons. The number of aryl methyl sites for hydroxylation is 1. The van der Waals surface area contributed by atoms with Gasteiger partial charge < -0.3 is 24.0 Å². The Morgan fingerprint density at radius 2 is 1.93 bits per heavy atom. The Bertz CT molecular complexity index is 831. The quantitative estimate of drug-likeness (QED) is 0.725. The second-order valence-corrected chi connectivity index (χ2v) is 7.51. The Balaban J connectivity index is 1.65. The summed E-state index contributed by atoms with van der Waals surface area (Å²) in [6.07, 6.45) is 2.26. The van der Waals surface area contributed by atoms with Crippen LogP contribution in [0.2, 0.25) is 0 Å². The number of ether oxygens (including phenoxy) is 2. The van der Waals surface area contributed by atoms with Crippen LogP contribution in [0.1, 0.15) is 24.2 Å². The van der Waals surface area contributed by atoms with Gasteiger partial charge in [0, 0.05) is 39.2 Å². The minimum Gasteiger partial charge on any atom is -0.480 e. The van der Waals surface area contributed by atoms with Gasteiger partial charge >= 0.3 is 12.1 Å². The number of likely N-dealkylation sites (tertiary alicyclic amines) is 1. The molecule has 0 atom stereocenters. The number of carbonyl (C=O) groups is 2. The van der Waals surface area contributed by atoms with Gasteiger partial charge in [-0.2, -0.15) is 0 Å². The fraction of sp³-hybridized carbons (Fsp3) is 0.421. The predicted octanol–water partition coefficient (Wildman–Crippen LogP) is 2.91. The molecule has 3 rings (SSSR count). The van der Waals surface area contributed by atoms with Crippen molar-refractivity contribution in [1.82, 2.24) is 14.5 Å². The normalized spacial score (nSPS) is 16.0. The Labute approximate surface area is 171 Å². The van der Waals surface area contributed by atoms with Crippen LogP contribution in [0.5, 0.6) is 0 Å². The van der Waals surface area contributed by atoms with Crippen LogP contribution in [0.25, 0.3) is 0 Å². The summed E-state index contributed by atoms with van der Waals surface area (Å²) >= 11 is 3.34. The lowest BCUT2D eigenvalue weighted by molar-refractivity contribution is -0.156. The maximum absolute atomic E-state index is 12.4. The average molecular weight is 452 g/mol. The molecule has 0 saturated carbocycles. The molecule has 8 nitrogen and oxygen atoms in total. The van der Waals surface area contributed by atoms with Crippen molar-refractivity contribution in [3.63, 3.8) is 0 Å². The van der Waals surface area contributed by atoms with Gasteiger partial charge in [0.05, 0.1) is 0 Å². The van der Waals surface area contributed by atoms with Crippen molar-refractivity contribution < 1.29 is 24.2 Å². The number of aliphatic carboxylic acids is 1. The van der Waals surface area contributed by atoms with Crippen molar-refractivity contribution in [3.05, 3.63) is 52.5 Å². The first kappa shape index (κ1) is 20.3. The van der Waals surface area contributed by atoms with Crippen molar-refractivity contribution >= 4 is 28.0 Å². The lowest BCUT2D eigenvalue weighted by Gasteiger charge is -2.40. The summed E-state index contributed by atoms with van der Waals surface area (Å²) in [6, 6.07) is 9.48. The van der Waals surface area contributed by atoms with Crippen molar-refractivity contribution in [1.29, 1.82) is 0 Å². The first-order valence-corrected chi connectivity index (χ1v) is 9.70. The highest BCUT2D eigenvalue weighted by Gasteiger charge is 2.42. The maximum Gasteiger partial charge on any atom is 0.410 e. The number of carbonyl (C=O) groups excluding carboxylic acids is 1. The van der Waals surface area contributed by atoms with Crippen molar-refractivity contribution in [2.75, 3.05) is 19.7 Å². The van der Waals surface area contributed by atoms with Gasteiger partial charge in [-0.1, -0.05) is 30.3 Å². The van der Waals surface area contributed by atoms with E-state index >= 15 is 0 Å². The van der Waals surface area contributed by atoms with E-state index in [-0.39, 0.29) is 6.61 Å². The molecule has 150 valence electrons. The average Bonchev–Trinajstić information content (AvgIpc) is 3.04. The highest BCUT2D eigenvalue weighted by molar-refractivity contribution is 9.10. The molecule has 0 spiro atoms. The number of aromatic nitrogens is 2. The van der Waals surface area contributed by atoms with Crippen molar-refractivity contribution in [2.45, 2.75) is 25.0 Å². The molecular formula is C19H22BrN3O5. The highest BCUT2D eigenvalue weighted by Crippen LogP contribution is 2.37. The Morgan fingerprint density at radius 3 is 2.50 bits per heavy atom. The van der Waals surface area contributed by atoms with Gasteiger partial charge in [-0.05, 0) is 21.5 Å². The van der Waals surface area contributed by atoms with Crippen LogP contribution >= 0.6 is 15.9 Å². The van der Waals surface area contributed by atoms with E-state index in [1.54, 1.807) is 11.1 Å². The molecule has 0 aliphatic carbocycles. The van der Waals surface area contributed by atoms with Gasteiger partial charge in [0.25, 0.3) is 0 Å². The minimum atomic E-state index is -1.04. The SMILES string of the molecule is Cn1cc(Br)nc1C1(OCC(=O)O)CCN(C(=O)OCc2ccccc2)CC1. The number of hydrogen-bond acceptors (Lipinski definition) is 5. The molecule has 9 heteroatoms. The van der Waals surface area contributed by atoms with Crippen LogP contribution in [0.4, 0.5) is 4.79 Å². The fourth-order valence-corrected chi connectivity index (χ4v) is 3.82. The number of nitrogens with zero attached hydrogens (tertiary/aromatic N) is 3. The zero-order valence-electron chi connectivity index (χ0n) is 15.5. The molecule has 1 aromatic carbocycles. The molecule has 1 aromatic heterocycles. The third-order valence-corrected chi connectivity index (χ3v) is 5.14. The maximum atomic E-state index is 12.4. The van der Waals surface area contributed by atoms with Crippen LogP contribution < -0.4 is 0 Å². The number of rotatable bonds is 6. The Kier molecular flexibility index (Phi) is 6.35. The molecule has 1 aliphatic rings. The van der Waals surface area contributed by atoms with Crippen LogP contribution in [0.15, 0.2) is 41.1 Å². The summed E-state index contributed by atoms with van der Waals surface area (Å²) in [5.74, 6) is -0.407. The third-order valence-electron chi connectivity index (χ3n) is 4.76. The largest absolute Gasteiger partial charge is 0.480 e. The highest BCUT2D eigenvalue weighted by atomic mass is 79.9. The van der Waals surface area contributed by atoms with E-state index in [0.29, 0.717) is 36.4 Å². The second kappa shape index (κ2) is 8.74. The number of carboxylic acid groups (broad SMARTS) is 1. The predicted molar refractivity (Wildman–Crippen MR) is 104 cm³/mol. The van der Waals surface area contributed by atoms with Gasteiger partial charge in [0.2, 0.25) is 0 Å². The molecule has 28 heavy (non-hydrogen) atoms. The smallest absolute Gasteiger partial charge is 0.410 e. The molecule has 0 bridgehead atoms. The van der Waals surface area contributed by atoms with Gasteiger partial charge in [0.1, 0.15) is 29.2 Å². The number of carboxylic acids is 1. The number of piperidine rings is 1. The number of hydrogen-bond donors (Lipinski definition) is 1. The van der Waals surface area contributed by atoms with E-state index in [4.69, 9.17) is 14.6 Å². The molecule has 2 aromatic rings. The van der Waals surface area contributed by atoms with Crippen LogP contribution in [-0.2, 0) is 33.5 Å². The molecule has 1 N–H and O–H groups in total. The molecule has 2 heterocycles. The second-order valence-electron chi connectivity index (χ2n) is 6.70. The van der Waals surface area contributed by atoms with Crippen LogP contribution in [0, 0.1) is 0 Å². The van der Waals surface area contributed by atoms with Gasteiger partial charge in [0.15, 0.2) is 0 Å². The van der Waals surface area contributed by atoms with Crippen molar-refractivity contribution in [2.24, 2.45) is 7.05 Å². The molecule has 1 amide bonds. The summed E-state index contributed by atoms with van der Waals surface area (Å²) in [6.45, 7) is 0.557. The summed E-state index contributed by atoms with van der Waals surface area (Å²) in [5.41, 5.74) is 0.0555.